The Morgan fingerprint density at radius 1 is 1.43 bits per heavy atom. The molecule has 9 nitrogen and oxygen atoms in total. The fraction of sp³-hybridized carbons (Fsp3) is 0.529. The van der Waals surface area contributed by atoms with Gasteiger partial charge in [-0.1, -0.05) is 16.7 Å². The van der Waals surface area contributed by atoms with Gasteiger partial charge in [-0.3, -0.25) is 4.98 Å². The van der Waals surface area contributed by atoms with E-state index >= 15 is 0 Å². The lowest BCUT2D eigenvalue weighted by atomic mass is 9.95. The Bertz CT molecular complexity index is 1020. The van der Waals surface area contributed by atoms with E-state index in [9.17, 15) is 8.42 Å². The first-order chi connectivity index (χ1) is 13.3. The lowest BCUT2D eigenvalue weighted by Gasteiger charge is -2.36. The monoisotopic (exact) mass is 424 g/mol. The molecule has 0 amide bonds. The Morgan fingerprint density at radius 2 is 2.21 bits per heavy atom. The predicted octanol–water partition coefficient (Wildman–Crippen LogP) is 3.33. The molecule has 0 bridgehead atoms. The first kappa shape index (κ1) is 20.6. The summed E-state index contributed by atoms with van der Waals surface area (Å²) in [5.74, 6) is 0.463. The normalized spacial score (nSPS) is 20.7. The van der Waals surface area contributed by atoms with Crippen LogP contribution in [0.2, 0.25) is 5.02 Å². The van der Waals surface area contributed by atoms with Crippen molar-refractivity contribution in [2.75, 3.05) is 19.9 Å². The topological polar surface area (TPSA) is 121 Å². The lowest BCUT2D eigenvalue weighted by molar-refractivity contribution is 0.222. The Kier molecular flexibility index (Phi) is 6.24. The van der Waals surface area contributed by atoms with E-state index in [1.807, 2.05) is 6.07 Å². The highest BCUT2D eigenvalue weighted by atomic mass is 35.5. The maximum atomic E-state index is 12.2. The number of aromatic nitrogens is 2. The zero-order chi connectivity index (χ0) is 20.3. The number of halogens is 1. The summed E-state index contributed by atoms with van der Waals surface area (Å²) in [6.07, 6.45) is 5.15. The quantitative estimate of drug-likeness (QED) is 0.400. The fourth-order valence-corrected chi connectivity index (χ4v) is 5.01. The summed E-state index contributed by atoms with van der Waals surface area (Å²) >= 11 is 6.38. The van der Waals surface area contributed by atoms with Crippen LogP contribution in [0.5, 0.6) is 5.88 Å². The smallest absolute Gasteiger partial charge is 0.213 e. The predicted molar refractivity (Wildman–Crippen MR) is 107 cm³/mol. The number of pyridine rings is 2. The van der Waals surface area contributed by atoms with Crippen molar-refractivity contribution in [1.29, 1.82) is 0 Å². The van der Waals surface area contributed by atoms with Gasteiger partial charge in [0.25, 0.3) is 0 Å². The Hall–Kier alpha value is -2.13. The number of aryl methyl sites for hydroxylation is 1. The van der Waals surface area contributed by atoms with Gasteiger partial charge in [0.15, 0.2) is 0 Å². The van der Waals surface area contributed by atoms with Crippen LogP contribution in [0.3, 0.4) is 0 Å². The third-order valence-corrected chi connectivity index (χ3v) is 6.57. The molecule has 0 N–H and O–H groups in total. The summed E-state index contributed by atoms with van der Waals surface area (Å²) in [5, 5.41) is 4.18. The van der Waals surface area contributed by atoms with Crippen LogP contribution < -0.4 is 4.74 Å². The number of azide groups is 1. The van der Waals surface area contributed by atoms with Crippen molar-refractivity contribution in [2.24, 2.45) is 5.11 Å². The summed E-state index contributed by atoms with van der Waals surface area (Å²) in [5.41, 5.74) is 10.8. The van der Waals surface area contributed by atoms with Gasteiger partial charge >= 0.3 is 0 Å². The van der Waals surface area contributed by atoms with Crippen LogP contribution in [0.1, 0.15) is 24.8 Å². The maximum absolute atomic E-state index is 12.2. The minimum absolute atomic E-state index is 0.190. The minimum Gasteiger partial charge on any atom is -0.481 e. The first-order valence-corrected chi connectivity index (χ1v) is 11.0. The molecule has 150 valence electrons. The number of nitrogens with zero attached hydrogens (tertiary/aromatic N) is 6. The Labute approximate surface area is 168 Å². The van der Waals surface area contributed by atoms with Crippen molar-refractivity contribution < 1.29 is 13.2 Å². The van der Waals surface area contributed by atoms with Crippen LogP contribution in [0.25, 0.3) is 21.5 Å². The van der Waals surface area contributed by atoms with E-state index in [0.29, 0.717) is 47.6 Å². The molecule has 0 aliphatic carbocycles. The summed E-state index contributed by atoms with van der Waals surface area (Å²) in [6.45, 7) is 0.199. The van der Waals surface area contributed by atoms with Crippen LogP contribution >= 0.6 is 11.6 Å². The first-order valence-electron chi connectivity index (χ1n) is 8.82. The minimum atomic E-state index is -3.42. The molecule has 3 heterocycles. The average molecular weight is 425 g/mol. The molecule has 11 heteroatoms. The highest BCUT2D eigenvalue weighted by Gasteiger charge is 2.33. The number of fused-ring (bicyclic) bond motifs is 1. The molecule has 3 rings (SSSR count). The molecular weight excluding hydrogens is 404 g/mol. The van der Waals surface area contributed by atoms with Crippen LogP contribution in [-0.2, 0) is 16.4 Å². The van der Waals surface area contributed by atoms with Gasteiger partial charge in [-0.15, -0.1) is 0 Å². The van der Waals surface area contributed by atoms with E-state index < -0.39 is 10.0 Å². The molecule has 2 aromatic heterocycles. The van der Waals surface area contributed by atoms with E-state index in [-0.39, 0.29) is 18.6 Å². The third kappa shape index (κ3) is 4.47. The number of hydrogen-bond donors (Lipinski definition) is 0. The summed E-state index contributed by atoms with van der Waals surface area (Å²) < 4.78 is 31.1. The van der Waals surface area contributed by atoms with E-state index in [2.05, 4.69) is 20.0 Å². The van der Waals surface area contributed by atoms with Gasteiger partial charge in [-0.05, 0) is 37.3 Å². The average Bonchev–Trinajstić information content (AvgIpc) is 2.67. The van der Waals surface area contributed by atoms with Gasteiger partial charge in [0.05, 0.1) is 35.5 Å². The number of sulfonamides is 1. The number of methoxy groups -OCH3 is 1. The standard InChI is InChI=1S/C17H21ClN6O3S/c1-27-16-8-7-15-17(21-16)13(14(18)9-20-15)6-5-12-4-3-11(22-23-19)10-24(12)28(2,25)26/h7-9,11-12H,3-6,10H2,1-2H3. The largest absolute Gasteiger partial charge is 0.481 e. The van der Waals surface area contributed by atoms with E-state index in [4.69, 9.17) is 21.9 Å². The molecule has 2 aromatic rings. The van der Waals surface area contributed by atoms with Gasteiger partial charge in [-0.25, -0.2) is 13.4 Å². The van der Waals surface area contributed by atoms with Crippen LogP contribution in [0, 0.1) is 0 Å². The zero-order valence-corrected chi connectivity index (χ0v) is 17.2. The van der Waals surface area contributed by atoms with Crippen molar-refractivity contribution in [2.45, 2.75) is 37.8 Å². The van der Waals surface area contributed by atoms with Gasteiger partial charge in [0, 0.05) is 35.3 Å². The molecule has 2 unspecified atom stereocenters. The third-order valence-electron chi connectivity index (χ3n) is 4.95. The highest BCUT2D eigenvalue weighted by Crippen LogP contribution is 2.30. The molecule has 0 saturated carbocycles. The fourth-order valence-electron chi connectivity index (χ4n) is 3.58. The Morgan fingerprint density at radius 3 is 2.89 bits per heavy atom. The van der Waals surface area contributed by atoms with Gasteiger partial charge in [0.2, 0.25) is 15.9 Å². The zero-order valence-electron chi connectivity index (χ0n) is 15.6. The second-order valence-corrected chi connectivity index (χ2v) is 9.11. The van der Waals surface area contributed by atoms with Gasteiger partial charge in [0.1, 0.15) is 0 Å². The van der Waals surface area contributed by atoms with Crippen LogP contribution in [-0.4, -0.2) is 54.7 Å². The summed E-state index contributed by atoms with van der Waals surface area (Å²) in [7, 11) is -1.89. The molecule has 1 aliphatic heterocycles. The number of hydrogen-bond acceptors (Lipinski definition) is 6. The van der Waals surface area contributed by atoms with Crippen molar-refractivity contribution in [3.05, 3.63) is 39.4 Å². The Balaban J connectivity index is 1.86. The van der Waals surface area contributed by atoms with Crippen molar-refractivity contribution >= 4 is 32.7 Å². The molecule has 1 fully saturated rings. The SMILES string of the molecule is COc1ccc2ncc(Cl)c(CCC3CCC(N=[N+]=[N-])CN3S(C)(=O)=O)c2n1. The molecular formula is C17H21ClN6O3S. The van der Waals surface area contributed by atoms with Crippen LogP contribution in [0.15, 0.2) is 23.4 Å². The molecule has 0 radical (unpaired) electrons. The lowest BCUT2D eigenvalue weighted by Crippen LogP contribution is -2.47. The number of piperidine rings is 1. The van der Waals surface area contributed by atoms with E-state index in [0.717, 1.165) is 5.56 Å². The molecule has 2 atom stereocenters. The molecule has 0 spiro atoms. The van der Waals surface area contributed by atoms with E-state index in [1.165, 1.54) is 17.7 Å². The number of rotatable bonds is 6. The van der Waals surface area contributed by atoms with Crippen molar-refractivity contribution in [3.8, 4) is 5.88 Å². The molecule has 1 aliphatic rings. The highest BCUT2D eigenvalue weighted by molar-refractivity contribution is 7.88. The second kappa shape index (κ2) is 8.48. The van der Waals surface area contributed by atoms with Crippen molar-refractivity contribution in [3.63, 3.8) is 0 Å². The molecule has 0 aromatic carbocycles. The van der Waals surface area contributed by atoms with Crippen molar-refractivity contribution in [1.82, 2.24) is 14.3 Å². The summed E-state index contributed by atoms with van der Waals surface area (Å²) in [6, 6.07) is 3.02. The molecule has 1 saturated heterocycles. The maximum Gasteiger partial charge on any atom is 0.213 e. The van der Waals surface area contributed by atoms with E-state index in [1.54, 1.807) is 12.3 Å². The second-order valence-electron chi connectivity index (χ2n) is 6.77. The van der Waals surface area contributed by atoms with Crippen LogP contribution in [0.4, 0.5) is 0 Å². The summed E-state index contributed by atoms with van der Waals surface area (Å²) in [4.78, 5) is 11.6. The molecule has 28 heavy (non-hydrogen) atoms. The van der Waals surface area contributed by atoms with Gasteiger partial charge in [-0.2, -0.15) is 4.31 Å². The van der Waals surface area contributed by atoms with Gasteiger partial charge < -0.3 is 4.74 Å². The number of ether oxygens (including phenoxy) is 1.